The van der Waals surface area contributed by atoms with Crippen molar-refractivity contribution in [2.75, 3.05) is 0 Å². The van der Waals surface area contributed by atoms with Crippen LogP contribution in [0.1, 0.15) is 0 Å². The summed E-state index contributed by atoms with van der Waals surface area (Å²) in [5.41, 5.74) is 11.8. The highest BCUT2D eigenvalue weighted by molar-refractivity contribution is 7.25. The predicted octanol–water partition coefficient (Wildman–Crippen LogP) is 16.3. The molecule has 0 bridgehead atoms. The molecule has 14 rings (SSSR count). The van der Waals surface area contributed by atoms with Crippen molar-refractivity contribution in [3.8, 4) is 56.7 Å². The molecular weight excluding hydrogens is 835 g/mol. The number of hydrogen-bond acceptors (Lipinski definition) is 4. The number of thiophene rings is 1. The normalized spacial score (nSPS) is 11.9. The van der Waals surface area contributed by atoms with E-state index in [1.807, 2.05) is 29.5 Å². The number of benzene rings is 10. The van der Waals surface area contributed by atoms with Gasteiger partial charge in [0.25, 0.3) is 0 Å². The van der Waals surface area contributed by atoms with Crippen LogP contribution in [0.5, 0.6) is 0 Å². The maximum atomic E-state index is 5.39. The van der Waals surface area contributed by atoms with Gasteiger partial charge in [-0.3, -0.25) is 0 Å². The summed E-state index contributed by atoms with van der Waals surface area (Å²) >= 11 is 1.84. The molecule has 4 aromatic heterocycles. The molecule has 0 saturated heterocycles. The average molecular weight is 872 g/mol. The molecule has 0 fully saturated rings. The van der Waals surface area contributed by atoms with Crippen LogP contribution in [-0.2, 0) is 0 Å². The van der Waals surface area contributed by atoms with Crippen molar-refractivity contribution in [3.05, 3.63) is 224 Å². The highest BCUT2D eigenvalue weighted by Gasteiger charge is 2.22. The van der Waals surface area contributed by atoms with Crippen LogP contribution in [0.25, 0.3) is 131 Å². The standard InChI is InChI=1S/C61H37N5S/c1-3-16-38(17-4-1)59-62-60(64-61(63-59)42-30-32-46-44-22-9-12-26-51(44)65(54(46)37-42)43-20-5-2-6-21-43)41-31-33-53(50(35-41)47-25-15-29-57-58(47)48-24-11-14-28-56(48)67-57)66-52-27-13-10-23-45(52)49-34-39-18-7-8-19-40(39)36-55(49)66/h1-37H. The van der Waals surface area contributed by atoms with Crippen molar-refractivity contribution in [2.45, 2.75) is 0 Å². The van der Waals surface area contributed by atoms with Gasteiger partial charge in [0, 0.05) is 69.7 Å². The molecule has 4 heterocycles. The molecule has 5 nitrogen and oxygen atoms in total. The maximum absolute atomic E-state index is 5.39. The minimum absolute atomic E-state index is 0.607. The highest BCUT2D eigenvalue weighted by atomic mass is 32.1. The SMILES string of the molecule is c1ccc(-c2nc(-c3ccc(-n4c5ccccc5c5cc6ccccc6cc54)c(-c4cccc5sc6ccccc6c45)c3)nc(-c3ccc4c5ccccc5n(-c5ccccc5)c4c3)n2)cc1. The minimum Gasteiger partial charge on any atom is -0.309 e. The smallest absolute Gasteiger partial charge is 0.164 e. The van der Waals surface area contributed by atoms with Gasteiger partial charge in [0.2, 0.25) is 0 Å². The van der Waals surface area contributed by atoms with E-state index < -0.39 is 0 Å². The molecule has 0 saturated carbocycles. The number of hydrogen-bond donors (Lipinski definition) is 0. The first kappa shape index (κ1) is 37.6. The van der Waals surface area contributed by atoms with E-state index in [4.69, 9.17) is 15.0 Å². The van der Waals surface area contributed by atoms with E-state index >= 15 is 0 Å². The third-order valence-electron chi connectivity index (χ3n) is 13.3. The fourth-order valence-electron chi connectivity index (χ4n) is 10.3. The maximum Gasteiger partial charge on any atom is 0.164 e. The molecule has 67 heavy (non-hydrogen) atoms. The molecule has 0 spiro atoms. The summed E-state index contributed by atoms with van der Waals surface area (Å²) in [5, 5.41) is 9.74. The number of para-hydroxylation sites is 3. The summed E-state index contributed by atoms with van der Waals surface area (Å²) < 4.78 is 7.31. The first-order valence-corrected chi connectivity index (χ1v) is 23.4. The van der Waals surface area contributed by atoms with Crippen LogP contribution in [0.3, 0.4) is 0 Å². The summed E-state index contributed by atoms with van der Waals surface area (Å²) in [6.07, 6.45) is 0. The van der Waals surface area contributed by atoms with Crippen LogP contribution in [0.4, 0.5) is 0 Å². The topological polar surface area (TPSA) is 48.5 Å². The van der Waals surface area contributed by atoms with Gasteiger partial charge >= 0.3 is 0 Å². The van der Waals surface area contributed by atoms with Gasteiger partial charge in [0.15, 0.2) is 17.5 Å². The van der Waals surface area contributed by atoms with Crippen molar-refractivity contribution in [2.24, 2.45) is 0 Å². The zero-order valence-electron chi connectivity index (χ0n) is 36.0. The van der Waals surface area contributed by atoms with Crippen molar-refractivity contribution in [3.63, 3.8) is 0 Å². The number of aromatic nitrogens is 5. The second-order valence-corrected chi connectivity index (χ2v) is 18.3. The monoisotopic (exact) mass is 871 g/mol. The van der Waals surface area contributed by atoms with Gasteiger partial charge in [-0.1, -0.05) is 152 Å². The Morgan fingerprint density at radius 1 is 0.313 bits per heavy atom. The zero-order valence-corrected chi connectivity index (χ0v) is 36.8. The summed E-state index contributed by atoms with van der Waals surface area (Å²) in [6, 6.07) is 80.4. The van der Waals surface area contributed by atoms with Gasteiger partial charge in [0.1, 0.15) is 0 Å². The fourth-order valence-corrected chi connectivity index (χ4v) is 11.4. The number of nitrogens with zero attached hydrogens (tertiary/aromatic N) is 5. The lowest BCUT2D eigenvalue weighted by Crippen LogP contribution is -2.02. The molecule has 0 unspecified atom stereocenters. The quantitative estimate of drug-likeness (QED) is 0.167. The van der Waals surface area contributed by atoms with Crippen LogP contribution in [-0.4, -0.2) is 24.1 Å². The zero-order chi connectivity index (χ0) is 44.0. The Morgan fingerprint density at radius 2 is 0.866 bits per heavy atom. The molecule has 0 amide bonds. The van der Waals surface area contributed by atoms with Crippen LogP contribution in [0.2, 0.25) is 0 Å². The number of fused-ring (bicyclic) bond motifs is 10. The molecule has 0 aliphatic rings. The Bertz CT molecular complexity index is 4280. The Balaban J connectivity index is 1.04. The van der Waals surface area contributed by atoms with Crippen LogP contribution < -0.4 is 0 Å². The Kier molecular flexibility index (Phi) is 8.38. The summed E-state index contributed by atoms with van der Waals surface area (Å²) in [7, 11) is 0. The van der Waals surface area contributed by atoms with E-state index in [0.717, 1.165) is 61.3 Å². The lowest BCUT2D eigenvalue weighted by atomic mass is 9.95. The molecule has 6 heteroatoms. The number of rotatable bonds is 6. The molecule has 0 atom stereocenters. The molecule has 0 radical (unpaired) electrons. The van der Waals surface area contributed by atoms with Crippen LogP contribution in [0, 0.1) is 0 Å². The largest absolute Gasteiger partial charge is 0.309 e. The van der Waals surface area contributed by atoms with Crippen molar-refractivity contribution < 1.29 is 0 Å². The van der Waals surface area contributed by atoms with Gasteiger partial charge in [-0.15, -0.1) is 11.3 Å². The van der Waals surface area contributed by atoms with E-state index in [0.29, 0.717) is 17.5 Å². The first-order chi connectivity index (χ1) is 33.2. The molecule has 14 aromatic rings. The van der Waals surface area contributed by atoms with Crippen LogP contribution >= 0.6 is 11.3 Å². The van der Waals surface area contributed by atoms with Gasteiger partial charge in [-0.2, -0.15) is 0 Å². The lowest BCUT2D eigenvalue weighted by Gasteiger charge is -2.17. The first-order valence-electron chi connectivity index (χ1n) is 22.6. The minimum atomic E-state index is 0.607. The van der Waals surface area contributed by atoms with Gasteiger partial charge < -0.3 is 9.13 Å². The second kappa shape index (κ2) is 14.9. The fraction of sp³-hybridized carbons (Fsp3) is 0. The molecule has 10 aromatic carbocycles. The van der Waals surface area contributed by atoms with Crippen LogP contribution in [0.15, 0.2) is 224 Å². The molecule has 312 valence electrons. The lowest BCUT2D eigenvalue weighted by molar-refractivity contribution is 1.07. The van der Waals surface area contributed by atoms with E-state index in [2.05, 4.69) is 215 Å². The molecule has 0 aliphatic heterocycles. The van der Waals surface area contributed by atoms with Gasteiger partial charge in [-0.05, 0) is 89.1 Å². The average Bonchev–Trinajstić information content (AvgIpc) is 4.05. The molecular formula is C61H37N5S. The summed E-state index contributed by atoms with van der Waals surface area (Å²) in [6.45, 7) is 0. The van der Waals surface area contributed by atoms with Crippen molar-refractivity contribution >= 4 is 85.9 Å². The van der Waals surface area contributed by atoms with E-state index in [1.54, 1.807) is 0 Å². The van der Waals surface area contributed by atoms with Gasteiger partial charge in [0.05, 0.1) is 27.8 Å². The summed E-state index contributed by atoms with van der Waals surface area (Å²) in [5.74, 6) is 1.84. The molecule has 0 aliphatic carbocycles. The van der Waals surface area contributed by atoms with E-state index in [1.165, 1.54) is 52.5 Å². The van der Waals surface area contributed by atoms with Crippen molar-refractivity contribution in [1.82, 2.24) is 24.1 Å². The predicted molar refractivity (Wildman–Crippen MR) is 281 cm³/mol. The third kappa shape index (κ3) is 5.97. The third-order valence-corrected chi connectivity index (χ3v) is 14.5. The van der Waals surface area contributed by atoms with Gasteiger partial charge in [-0.25, -0.2) is 15.0 Å². The van der Waals surface area contributed by atoms with Crippen molar-refractivity contribution in [1.29, 1.82) is 0 Å². The van der Waals surface area contributed by atoms with E-state index in [-0.39, 0.29) is 0 Å². The highest BCUT2D eigenvalue weighted by Crippen LogP contribution is 2.45. The molecule has 0 N–H and O–H groups in total. The summed E-state index contributed by atoms with van der Waals surface area (Å²) in [4.78, 5) is 15.9. The second-order valence-electron chi connectivity index (χ2n) is 17.2. The van der Waals surface area contributed by atoms with E-state index in [9.17, 15) is 0 Å². The Morgan fingerprint density at radius 3 is 1.64 bits per heavy atom. The Hall–Kier alpha value is -8.71. The Labute approximate surface area is 389 Å².